The van der Waals surface area contributed by atoms with Gasteiger partial charge in [0.25, 0.3) is 0 Å². The van der Waals surface area contributed by atoms with E-state index in [0.29, 0.717) is 6.61 Å². The van der Waals surface area contributed by atoms with Crippen LogP contribution in [0, 0.1) is 0 Å². The van der Waals surface area contributed by atoms with Gasteiger partial charge in [-0.05, 0) is 89.8 Å². The summed E-state index contributed by atoms with van der Waals surface area (Å²) < 4.78 is 6.41. The van der Waals surface area contributed by atoms with Gasteiger partial charge in [-0.2, -0.15) is 0 Å². The monoisotopic (exact) mass is 563 g/mol. The molecular formula is C39H34NOP. The maximum absolute atomic E-state index is 6.41. The Hall–Kier alpha value is -4.00. The fraction of sp³-hybridized carbons (Fsp3) is 0.205. The van der Waals surface area contributed by atoms with Gasteiger partial charge >= 0.3 is 0 Å². The molecular weight excluding hydrogens is 529 g/mol. The van der Waals surface area contributed by atoms with Crippen molar-refractivity contribution in [2.45, 2.75) is 43.6 Å². The average molecular weight is 564 g/mol. The number of aliphatic imine (C=N–C) groups is 1. The number of aryl methyl sites for hydroxylation is 2. The SMILES string of the molecule is c1ccc(C[C@@H]2COC(c3cccc4c3[C@@]3(CC4)CCc4cccc(P(c5ccccc5)c5ccccc5)c43)=N2)cc1. The minimum absolute atomic E-state index is 0.00854. The maximum atomic E-state index is 6.41. The molecule has 0 unspecified atom stereocenters. The molecule has 0 fully saturated rings. The van der Waals surface area contributed by atoms with Gasteiger partial charge in [-0.15, -0.1) is 0 Å². The molecule has 2 nitrogen and oxygen atoms in total. The van der Waals surface area contributed by atoms with E-state index in [2.05, 4.69) is 127 Å². The second kappa shape index (κ2) is 10.7. The van der Waals surface area contributed by atoms with E-state index in [1.807, 2.05) is 0 Å². The quantitative estimate of drug-likeness (QED) is 0.204. The van der Waals surface area contributed by atoms with Crippen molar-refractivity contribution >= 4 is 29.7 Å². The number of nitrogens with zero attached hydrogens (tertiary/aromatic N) is 1. The van der Waals surface area contributed by atoms with Crippen LogP contribution in [-0.2, 0) is 29.4 Å². The molecule has 3 aliphatic rings. The number of fused-ring (bicyclic) bond motifs is 4. The van der Waals surface area contributed by atoms with Gasteiger partial charge in [-0.3, -0.25) is 0 Å². The Labute approximate surface area is 249 Å². The van der Waals surface area contributed by atoms with E-state index in [1.165, 1.54) is 43.7 Å². The molecule has 1 heterocycles. The van der Waals surface area contributed by atoms with Gasteiger partial charge < -0.3 is 4.74 Å². The lowest BCUT2D eigenvalue weighted by Gasteiger charge is -2.33. The lowest BCUT2D eigenvalue weighted by atomic mass is 9.74. The van der Waals surface area contributed by atoms with Crippen molar-refractivity contribution < 1.29 is 4.74 Å². The van der Waals surface area contributed by atoms with Crippen molar-refractivity contribution in [3.63, 3.8) is 0 Å². The molecule has 0 saturated carbocycles. The topological polar surface area (TPSA) is 21.6 Å². The maximum Gasteiger partial charge on any atom is 0.216 e. The Morgan fingerprint density at radius 1 is 0.643 bits per heavy atom. The lowest BCUT2D eigenvalue weighted by Crippen LogP contribution is -2.32. The first kappa shape index (κ1) is 25.7. The van der Waals surface area contributed by atoms with Crippen LogP contribution in [-0.4, -0.2) is 18.5 Å². The summed E-state index contributed by atoms with van der Waals surface area (Å²) in [6, 6.07) is 47.1. The molecule has 0 aromatic heterocycles. The molecule has 42 heavy (non-hydrogen) atoms. The third kappa shape index (κ3) is 4.32. The number of ether oxygens (including phenoxy) is 1. The molecule has 0 N–H and O–H groups in total. The van der Waals surface area contributed by atoms with Crippen molar-refractivity contribution in [2.75, 3.05) is 6.61 Å². The molecule has 0 bridgehead atoms. The molecule has 0 amide bonds. The van der Waals surface area contributed by atoms with E-state index in [1.54, 1.807) is 5.56 Å². The predicted octanol–water partition coefficient (Wildman–Crippen LogP) is 7.01. The van der Waals surface area contributed by atoms with E-state index < -0.39 is 7.92 Å². The van der Waals surface area contributed by atoms with Crippen molar-refractivity contribution in [1.82, 2.24) is 0 Å². The van der Waals surface area contributed by atoms with E-state index >= 15 is 0 Å². The van der Waals surface area contributed by atoms with E-state index in [9.17, 15) is 0 Å². The van der Waals surface area contributed by atoms with Crippen molar-refractivity contribution in [1.29, 1.82) is 0 Å². The van der Waals surface area contributed by atoms with Crippen LogP contribution in [0.4, 0.5) is 0 Å². The Kier molecular flexibility index (Phi) is 6.53. The normalized spacial score (nSPS) is 20.4. The number of hydrogen-bond acceptors (Lipinski definition) is 2. The zero-order valence-corrected chi connectivity index (χ0v) is 24.6. The molecule has 1 spiro atoms. The lowest BCUT2D eigenvalue weighted by molar-refractivity contribution is 0.316. The van der Waals surface area contributed by atoms with Crippen LogP contribution in [0.25, 0.3) is 0 Å². The first-order chi connectivity index (χ1) is 20.8. The Balaban J connectivity index is 1.26. The fourth-order valence-electron chi connectivity index (χ4n) is 7.67. The van der Waals surface area contributed by atoms with Gasteiger partial charge in [0.05, 0.1) is 6.04 Å². The molecule has 0 saturated heterocycles. The van der Waals surface area contributed by atoms with Crippen LogP contribution >= 0.6 is 7.92 Å². The summed E-state index contributed by atoms with van der Waals surface area (Å²) in [5.74, 6) is 0.841. The first-order valence-electron chi connectivity index (χ1n) is 15.2. The number of hydrogen-bond donors (Lipinski definition) is 0. The summed E-state index contributed by atoms with van der Waals surface area (Å²) in [6.07, 6.45) is 5.43. The molecule has 2 aliphatic carbocycles. The molecule has 206 valence electrons. The summed E-state index contributed by atoms with van der Waals surface area (Å²) in [5, 5.41) is 4.33. The summed E-state index contributed by atoms with van der Waals surface area (Å²) in [7, 11) is -0.697. The van der Waals surface area contributed by atoms with Crippen LogP contribution in [0.15, 0.2) is 132 Å². The minimum Gasteiger partial charge on any atom is -0.475 e. The highest BCUT2D eigenvalue weighted by molar-refractivity contribution is 7.79. The van der Waals surface area contributed by atoms with E-state index in [4.69, 9.17) is 9.73 Å². The Morgan fingerprint density at radius 3 is 1.90 bits per heavy atom. The molecule has 5 aromatic rings. The van der Waals surface area contributed by atoms with Crippen molar-refractivity contribution in [3.8, 4) is 0 Å². The molecule has 8 rings (SSSR count). The van der Waals surface area contributed by atoms with Crippen LogP contribution in [0.3, 0.4) is 0 Å². The highest BCUT2D eigenvalue weighted by atomic mass is 31.1. The zero-order chi connectivity index (χ0) is 27.9. The highest BCUT2D eigenvalue weighted by Gasteiger charge is 2.49. The van der Waals surface area contributed by atoms with Crippen molar-refractivity contribution in [2.24, 2.45) is 4.99 Å². The smallest absolute Gasteiger partial charge is 0.216 e. The van der Waals surface area contributed by atoms with E-state index in [-0.39, 0.29) is 11.5 Å². The molecule has 3 heteroatoms. The number of rotatable bonds is 6. The Bertz CT molecular complexity index is 1720. The van der Waals surface area contributed by atoms with Crippen LogP contribution in [0.2, 0.25) is 0 Å². The highest BCUT2D eigenvalue weighted by Crippen LogP contribution is 2.55. The van der Waals surface area contributed by atoms with E-state index in [0.717, 1.165) is 38.0 Å². The Morgan fingerprint density at radius 2 is 1.24 bits per heavy atom. The summed E-state index contributed by atoms with van der Waals surface area (Å²) in [4.78, 5) is 5.19. The van der Waals surface area contributed by atoms with Gasteiger partial charge in [-0.1, -0.05) is 121 Å². The van der Waals surface area contributed by atoms with Gasteiger partial charge in [0.2, 0.25) is 5.90 Å². The van der Waals surface area contributed by atoms with Gasteiger partial charge in [-0.25, -0.2) is 4.99 Å². The van der Waals surface area contributed by atoms with Gasteiger partial charge in [0, 0.05) is 11.0 Å². The predicted molar refractivity (Wildman–Crippen MR) is 175 cm³/mol. The second-order valence-electron chi connectivity index (χ2n) is 11.8. The zero-order valence-electron chi connectivity index (χ0n) is 23.7. The molecule has 5 aromatic carbocycles. The van der Waals surface area contributed by atoms with Crippen LogP contribution in [0.5, 0.6) is 0 Å². The van der Waals surface area contributed by atoms with Crippen LogP contribution in [0.1, 0.15) is 46.2 Å². The molecule has 2 atom stereocenters. The third-order valence-corrected chi connectivity index (χ3v) is 11.9. The molecule has 0 radical (unpaired) electrons. The van der Waals surface area contributed by atoms with Crippen molar-refractivity contribution in [3.05, 3.63) is 161 Å². The molecule has 1 aliphatic heterocycles. The summed E-state index contributed by atoms with van der Waals surface area (Å²) >= 11 is 0. The van der Waals surface area contributed by atoms with Crippen LogP contribution < -0.4 is 15.9 Å². The summed E-state index contributed by atoms with van der Waals surface area (Å²) in [6.45, 7) is 0.649. The largest absolute Gasteiger partial charge is 0.475 e. The fourth-order valence-corrected chi connectivity index (χ4v) is 10.3. The first-order valence-corrected chi connectivity index (χ1v) is 16.5. The third-order valence-electron chi connectivity index (χ3n) is 9.41. The second-order valence-corrected chi connectivity index (χ2v) is 14.0. The average Bonchev–Trinajstić information content (AvgIpc) is 3.78. The van der Waals surface area contributed by atoms with Gasteiger partial charge in [0.1, 0.15) is 6.61 Å². The minimum atomic E-state index is -0.697. The van der Waals surface area contributed by atoms with Gasteiger partial charge in [0.15, 0.2) is 0 Å². The standard InChI is InChI=1S/C39H34NOP/c1-4-12-28(13-5-1)26-31-27-41-38(40-31)34-20-10-14-29-22-24-39(36(29)34)25-23-30-15-11-21-35(37(30)39)42(32-16-6-2-7-17-32)33-18-8-3-9-19-33/h1-21,31H,22-27H2/t31-,39-/m1/s1. The summed E-state index contributed by atoms with van der Waals surface area (Å²) in [5.41, 5.74) is 8.57. The number of benzene rings is 5.